The van der Waals surface area contributed by atoms with Crippen LogP contribution in [0.4, 0.5) is 29.1 Å². The Morgan fingerprint density at radius 3 is 2.48 bits per heavy atom. The van der Waals surface area contributed by atoms with E-state index in [4.69, 9.17) is 11.6 Å². The van der Waals surface area contributed by atoms with Gasteiger partial charge < -0.3 is 10.2 Å². The predicted octanol–water partition coefficient (Wildman–Crippen LogP) is 3.81. The van der Waals surface area contributed by atoms with Gasteiger partial charge in [-0.3, -0.25) is 14.5 Å². The van der Waals surface area contributed by atoms with E-state index in [0.717, 1.165) is 17.0 Å². The Bertz CT molecular complexity index is 955. The summed E-state index contributed by atoms with van der Waals surface area (Å²) in [6, 6.07) is 4.03. The summed E-state index contributed by atoms with van der Waals surface area (Å²) < 4.78 is 53.2. The Hall–Kier alpha value is -2.72. The van der Waals surface area contributed by atoms with E-state index in [1.165, 1.54) is 31.0 Å². The largest absolute Gasteiger partial charge is 0.416 e. The highest BCUT2D eigenvalue weighted by Gasteiger charge is 2.35. The van der Waals surface area contributed by atoms with Crippen LogP contribution in [0.5, 0.6) is 0 Å². The van der Waals surface area contributed by atoms with Crippen LogP contribution in [0.1, 0.15) is 18.2 Å². The normalized spacial score (nSPS) is 12.4. The molecule has 0 saturated heterocycles. The molecule has 2 aromatic rings. The summed E-state index contributed by atoms with van der Waals surface area (Å²) in [5, 5.41) is 2.56. The number of amides is 2. The molecule has 1 heterocycles. The molecule has 0 spiro atoms. The van der Waals surface area contributed by atoms with Crippen molar-refractivity contribution in [3.63, 3.8) is 0 Å². The Labute approximate surface area is 181 Å². The van der Waals surface area contributed by atoms with Crippen molar-refractivity contribution in [1.82, 2.24) is 10.3 Å². The zero-order valence-corrected chi connectivity index (χ0v) is 17.8. The minimum absolute atomic E-state index is 0.0324. The maximum Gasteiger partial charge on any atom is 0.416 e. The van der Waals surface area contributed by atoms with Gasteiger partial charge in [0.2, 0.25) is 6.41 Å². The van der Waals surface area contributed by atoms with E-state index in [2.05, 4.69) is 10.3 Å². The number of likely N-dealkylation sites (N-methyl/N-ethyl adjacent to an activating group) is 2. The van der Waals surface area contributed by atoms with Crippen LogP contribution < -0.4 is 15.1 Å². The number of aromatic nitrogens is 1. The average molecular weight is 461 g/mol. The highest BCUT2D eigenvalue weighted by atomic mass is 35.5. The van der Waals surface area contributed by atoms with Crippen molar-refractivity contribution in [2.75, 3.05) is 29.9 Å². The van der Waals surface area contributed by atoms with E-state index in [0.29, 0.717) is 6.07 Å². The van der Waals surface area contributed by atoms with Crippen molar-refractivity contribution in [3.05, 3.63) is 52.4 Å². The van der Waals surface area contributed by atoms with Crippen molar-refractivity contribution in [2.24, 2.45) is 0 Å². The molecule has 1 unspecified atom stereocenters. The summed E-state index contributed by atoms with van der Waals surface area (Å²) in [5.41, 5.74) is -0.681. The first kappa shape index (κ1) is 24.5. The second kappa shape index (κ2) is 10.1. The zero-order valence-electron chi connectivity index (χ0n) is 17.0. The monoisotopic (exact) mass is 460 g/mol. The van der Waals surface area contributed by atoms with E-state index in [1.807, 2.05) is 0 Å². The van der Waals surface area contributed by atoms with Crippen LogP contribution in [0.15, 0.2) is 30.3 Å². The fourth-order valence-electron chi connectivity index (χ4n) is 3.03. The standard InChI is InChI=1S/C20H21ClF4N4O2/c1-4-28(14-5-6-16(22)15(21)9-14)19(31)17(10-26-3)29(11-30)18-8-13(20(23,24)25)7-12(2)27-18/h5-9,11,17,26H,4,10H2,1-3H3. The van der Waals surface area contributed by atoms with Gasteiger partial charge in [-0.05, 0) is 51.2 Å². The molecule has 168 valence electrons. The fourth-order valence-corrected chi connectivity index (χ4v) is 3.21. The molecule has 2 rings (SSSR count). The molecular weight excluding hydrogens is 440 g/mol. The first-order valence-electron chi connectivity index (χ1n) is 9.24. The SMILES string of the molecule is CCN(C(=O)C(CNC)N(C=O)c1cc(C(F)(F)F)cc(C)n1)c1ccc(F)c(Cl)c1. The summed E-state index contributed by atoms with van der Waals surface area (Å²) in [7, 11) is 1.53. The van der Waals surface area contributed by atoms with Crippen LogP contribution in [0.25, 0.3) is 0 Å². The first-order valence-corrected chi connectivity index (χ1v) is 9.61. The van der Waals surface area contributed by atoms with Gasteiger partial charge in [-0.1, -0.05) is 11.6 Å². The number of aryl methyl sites for hydroxylation is 1. The Morgan fingerprint density at radius 1 is 1.29 bits per heavy atom. The number of anilines is 2. The number of benzene rings is 1. The molecule has 1 aromatic heterocycles. The van der Waals surface area contributed by atoms with Crippen LogP contribution in [0.3, 0.4) is 0 Å². The molecule has 1 aromatic carbocycles. The van der Waals surface area contributed by atoms with Crippen LogP contribution in [0, 0.1) is 12.7 Å². The Morgan fingerprint density at radius 2 is 1.97 bits per heavy atom. The predicted molar refractivity (Wildman–Crippen MR) is 110 cm³/mol. The highest BCUT2D eigenvalue weighted by Crippen LogP contribution is 2.32. The number of pyridine rings is 1. The lowest BCUT2D eigenvalue weighted by molar-refractivity contribution is -0.137. The molecule has 0 radical (unpaired) electrons. The lowest BCUT2D eigenvalue weighted by Gasteiger charge is -2.32. The Kier molecular flexibility index (Phi) is 7.96. The maximum absolute atomic E-state index is 13.5. The number of carbonyl (C=O) groups excluding carboxylic acids is 2. The maximum atomic E-state index is 13.5. The Balaban J connectivity index is 2.50. The minimum Gasteiger partial charge on any atom is -0.317 e. The summed E-state index contributed by atoms with van der Waals surface area (Å²) in [6.45, 7) is 3.09. The van der Waals surface area contributed by atoms with Crippen molar-refractivity contribution in [2.45, 2.75) is 26.1 Å². The van der Waals surface area contributed by atoms with Crippen LogP contribution in [-0.2, 0) is 15.8 Å². The van der Waals surface area contributed by atoms with Gasteiger partial charge in [-0.2, -0.15) is 13.2 Å². The molecule has 0 saturated carbocycles. The lowest BCUT2D eigenvalue weighted by atomic mass is 10.1. The molecule has 0 bridgehead atoms. The third kappa shape index (κ3) is 5.71. The van der Waals surface area contributed by atoms with Crippen LogP contribution >= 0.6 is 11.6 Å². The van der Waals surface area contributed by atoms with E-state index in [9.17, 15) is 27.2 Å². The molecule has 0 aliphatic rings. The number of hydrogen-bond acceptors (Lipinski definition) is 4. The quantitative estimate of drug-likeness (QED) is 0.480. The first-order chi connectivity index (χ1) is 14.5. The smallest absolute Gasteiger partial charge is 0.317 e. The topological polar surface area (TPSA) is 65.5 Å². The van der Waals surface area contributed by atoms with Gasteiger partial charge in [0.15, 0.2) is 0 Å². The molecule has 6 nitrogen and oxygen atoms in total. The van der Waals surface area contributed by atoms with Crippen LogP contribution in [-0.4, -0.2) is 43.5 Å². The van der Waals surface area contributed by atoms with Gasteiger partial charge in [0.25, 0.3) is 5.91 Å². The number of nitrogens with zero attached hydrogens (tertiary/aromatic N) is 3. The summed E-state index contributed by atoms with van der Waals surface area (Å²) in [5.74, 6) is -1.59. The second-order valence-corrected chi connectivity index (χ2v) is 7.03. The third-order valence-electron chi connectivity index (χ3n) is 4.46. The van der Waals surface area contributed by atoms with Crippen molar-refractivity contribution < 1.29 is 27.2 Å². The number of nitrogens with one attached hydrogen (secondary N) is 1. The molecular formula is C20H21ClF4N4O2. The zero-order chi connectivity index (χ0) is 23.3. The number of hydrogen-bond donors (Lipinski definition) is 1. The third-order valence-corrected chi connectivity index (χ3v) is 4.75. The van der Waals surface area contributed by atoms with Crippen LogP contribution in [0.2, 0.25) is 5.02 Å². The molecule has 0 fully saturated rings. The van der Waals surface area contributed by atoms with E-state index >= 15 is 0 Å². The molecule has 1 atom stereocenters. The molecule has 2 amide bonds. The average Bonchev–Trinajstić information content (AvgIpc) is 2.70. The van der Waals surface area contributed by atoms with Gasteiger partial charge in [0.1, 0.15) is 17.7 Å². The molecule has 11 heteroatoms. The van der Waals surface area contributed by atoms with E-state index in [1.54, 1.807) is 6.92 Å². The molecule has 0 aliphatic heterocycles. The van der Waals surface area contributed by atoms with Crippen molar-refractivity contribution in [1.29, 1.82) is 0 Å². The summed E-state index contributed by atoms with van der Waals surface area (Å²) in [6.07, 6.45) is -4.40. The fraction of sp³-hybridized carbons (Fsp3) is 0.350. The number of rotatable bonds is 8. The van der Waals surface area contributed by atoms with Gasteiger partial charge in [-0.15, -0.1) is 0 Å². The van der Waals surface area contributed by atoms with Gasteiger partial charge in [0.05, 0.1) is 10.6 Å². The summed E-state index contributed by atoms with van der Waals surface area (Å²) >= 11 is 5.82. The number of carbonyl (C=O) groups is 2. The highest BCUT2D eigenvalue weighted by molar-refractivity contribution is 6.31. The summed E-state index contributed by atoms with van der Waals surface area (Å²) in [4.78, 5) is 31.3. The van der Waals surface area contributed by atoms with Gasteiger partial charge >= 0.3 is 6.18 Å². The van der Waals surface area contributed by atoms with Gasteiger partial charge in [-0.25, -0.2) is 9.37 Å². The van der Waals surface area contributed by atoms with E-state index in [-0.39, 0.29) is 41.7 Å². The van der Waals surface area contributed by atoms with E-state index < -0.39 is 29.5 Å². The molecule has 0 aliphatic carbocycles. The van der Waals surface area contributed by atoms with Crippen molar-refractivity contribution >= 4 is 35.4 Å². The second-order valence-electron chi connectivity index (χ2n) is 6.62. The molecule has 31 heavy (non-hydrogen) atoms. The minimum atomic E-state index is -4.65. The van der Waals surface area contributed by atoms with Gasteiger partial charge in [0, 0.05) is 24.5 Å². The number of alkyl halides is 3. The van der Waals surface area contributed by atoms with Crippen molar-refractivity contribution in [3.8, 4) is 0 Å². The molecule has 1 N–H and O–H groups in total. The lowest BCUT2D eigenvalue weighted by Crippen LogP contribution is -2.53. The number of halogens is 5.